The van der Waals surface area contributed by atoms with Gasteiger partial charge in [0, 0.05) is 19.0 Å². The second-order valence-electron chi connectivity index (χ2n) is 3.85. The van der Waals surface area contributed by atoms with Crippen molar-refractivity contribution in [3.05, 3.63) is 35.4 Å². The van der Waals surface area contributed by atoms with E-state index in [9.17, 15) is 0 Å². The van der Waals surface area contributed by atoms with E-state index in [0.29, 0.717) is 12.0 Å². The monoisotopic (exact) mass is 261 g/mol. The SMILES string of the molecule is Cl.ClCc1ccc(CC2CNCCO2)cc1. The zero-order chi connectivity index (χ0) is 10.5. The first-order valence-electron chi connectivity index (χ1n) is 5.34. The minimum absolute atomic E-state index is 0. The molecule has 0 saturated carbocycles. The molecule has 0 radical (unpaired) electrons. The highest BCUT2D eigenvalue weighted by molar-refractivity contribution is 6.17. The smallest absolute Gasteiger partial charge is 0.0740 e. The lowest BCUT2D eigenvalue weighted by Gasteiger charge is -2.23. The maximum absolute atomic E-state index is 5.74. The fourth-order valence-corrected chi connectivity index (χ4v) is 1.96. The average molecular weight is 262 g/mol. The number of halogens is 2. The molecule has 0 spiro atoms. The molecule has 1 atom stereocenters. The van der Waals surface area contributed by atoms with Crippen LogP contribution in [-0.4, -0.2) is 25.8 Å². The quantitative estimate of drug-likeness (QED) is 0.844. The molecule has 1 aromatic rings. The molecule has 0 aliphatic carbocycles. The molecule has 1 aliphatic heterocycles. The van der Waals surface area contributed by atoms with E-state index in [1.54, 1.807) is 0 Å². The standard InChI is InChI=1S/C12H16ClNO.ClH/c13-8-11-3-1-10(2-4-11)7-12-9-14-5-6-15-12;/h1-4,12,14H,5-9H2;1H. The largest absolute Gasteiger partial charge is 0.375 e. The van der Waals surface area contributed by atoms with E-state index >= 15 is 0 Å². The molecule has 2 rings (SSSR count). The first-order valence-corrected chi connectivity index (χ1v) is 5.88. The molecule has 1 aromatic carbocycles. The van der Waals surface area contributed by atoms with E-state index in [-0.39, 0.29) is 12.4 Å². The van der Waals surface area contributed by atoms with Crippen LogP contribution in [0.1, 0.15) is 11.1 Å². The maximum Gasteiger partial charge on any atom is 0.0740 e. The van der Waals surface area contributed by atoms with Crippen molar-refractivity contribution in [1.82, 2.24) is 5.32 Å². The van der Waals surface area contributed by atoms with E-state index in [0.717, 1.165) is 26.1 Å². The van der Waals surface area contributed by atoms with E-state index in [4.69, 9.17) is 16.3 Å². The van der Waals surface area contributed by atoms with Crippen molar-refractivity contribution in [3.8, 4) is 0 Å². The fraction of sp³-hybridized carbons (Fsp3) is 0.500. The lowest BCUT2D eigenvalue weighted by Crippen LogP contribution is -2.39. The lowest BCUT2D eigenvalue weighted by atomic mass is 10.1. The summed E-state index contributed by atoms with van der Waals surface area (Å²) in [4.78, 5) is 0. The predicted molar refractivity (Wildman–Crippen MR) is 69.6 cm³/mol. The van der Waals surface area contributed by atoms with Gasteiger partial charge in [0.15, 0.2) is 0 Å². The molecule has 4 heteroatoms. The van der Waals surface area contributed by atoms with Crippen molar-refractivity contribution in [1.29, 1.82) is 0 Å². The number of rotatable bonds is 3. The van der Waals surface area contributed by atoms with E-state index in [2.05, 4.69) is 29.6 Å². The van der Waals surface area contributed by atoms with Gasteiger partial charge in [0.1, 0.15) is 0 Å². The average Bonchev–Trinajstić information content (AvgIpc) is 2.31. The van der Waals surface area contributed by atoms with Crippen molar-refractivity contribution < 1.29 is 4.74 Å². The number of nitrogens with one attached hydrogen (secondary N) is 1. The van der Waals surface area contributed by atoms with Gasteiger partial charge in [-0.25, -0.2) is 0 Å². The van der Waals surface area contributed by atoms with Crippen LogP contribution in [0.4, 0.5) is 0 Å². The van der Waals surface area contributed by atoms with Crippen LogP contribution in [0.3, 0.4) is 0 Å². The Morgan fingerprint density at radius 2 is 1.94 bits per heavy atom. The van der Waals surface area contributed by atoms with Crippen LogP contribution in [0.15, 0.2) is 24.3 Å². The summed E-state index contributed by atoms with van der Waals surface area (Å²) in [6.07, 6.45) is 1.30. The Bertz CT molecular complexity index is 296. The molecule has 1 fully saturated rings. The minimum Gasteiger partial charge on any atom is -0.375 e. The van der Waals surface area contributed by atoms with Gasteiger partial charge in [-0.2, -0.15) is 0 Å². The molecular weight excluding hydrogens is 245 g/mol. The number of hydrogen-bond acceptors (Lipinski definition) is 2. The lowest BCUT2D eigenvalue weighted by molar-refractivity contribution is 0.0292. The van der Waals surface area contributed by atoms with E-state index in [1.807, 2.05) is 0 Å². The first-order chi connectivity index (χ1) is 7.38. The van der Waals surface area contributed by atoms with Crippen molar-refractivity contribution >= 4 is 24.0 Å². The molecule has 1 aliphatic rings. The minimum atomic E-state index is 0. The number of benzene rings is 1. The third kappa shape index (κ3) is 3.95. The zero-order valence-electron chi connectivity index (χ0n) is 9.12. The summed E-state index contributed by atoms with van der Waals surface area (Å²) in [6.45, 7) is 2.75. The molecule has 90 valence electrons. The summed E-state index contributed by atoms with van der Waals surface area (Å²) in [6, 6.07) is 8.43. The highest BCUT2D eigenvalue weighted by Gasteiger charge is 2.13. The molecule has 1 heterocycles. The van der Waals surface area contributed by atoms with Crippen molar-refractivity contribution in [2.24, 2.45) is 0 Å². The summed E-state index contributed by atoms with van der Waals surface area (Å²) in [5, 5.41) is 3.33. The molecule has 0 bridgehead atoms. The van der Waals surface area contributed by atoms with Crippen molar-refractivity contribution in [2.45, 2.75) is 18.4 Å². The molecule has 1 N–H and O–H groups in total. The van der Waals surface area contributed by atoms with E-state index in [1.165, 1.54) is 11.1 Å². The number of hydrogen-bond donors (Lipinski definition) is 1. The zero-order valence-corrected chi connectivity index (χ0v) is 10.7. The Morgan fingerprint density at radius 1 is 1.25 bits per heavy atom. The second kappa shape index (κ2) is 7.13. The summed E-state index contributed by atoms with van der Waals surface area (Å²) < 4.78 is 5.65. The Morgan fingerprint density at radius 3 is 2.50 bits per heavy atom. The van der Waals surface area contributed by atoms with Crippen molar-refractivity contribution in [3.63, 3.8) is 0 Å². The van der Waals surface area contributed by atoms with Gasteiger partial charge < -0.3 is 10.1 Å². The van der Waals surface area contributed by atoms with Crippen LogP contribution in [0.5, 0.6) is 0 Å². The Hall–Kier alpha value is -0.280. The van der Waals surface area contributed by atoms with Crippen LogP contribution in [0.25, 0.3) is 0 Å². The Balaban J connectivity index is 0.00000128. The summed E-state index contributed by atoms with van der Waals surface area (Å²) in [5.74, 6) is 0.585. The highest BCUT2D eigenvalue weighted by atomic mass is 35.5. The molecule has 2 nitrogen and oxygen atoms in total. The first kappa shape index (κ1) is 13.8. The summed E-state index contributed by atoms with van der Waals surface area (Å²) in [7, 11) is 0. The number of alkyl halides is 1. The number of ether oxygens (including phenoxy) is 1. The van der Waals surface area contributed by atoms with Gasteiger partial charge in [-0.15, -0.1) is 24.0 Å². The normalized spacial score (nSPS) is 20.2. The van der Waals surface area contributed by atoms with Gasteiger partial charge >= 0.3 is 0 Å². The Kier molecular flexibility index (Phi) is 6.14. The maximum atomic E-state index is 5.74. The van der Waals surface area contributed by atoms with Crippen LogP contribution >= 0.6 is 24.0 Å². The molecule has 0 aromatic heterocycles. The number of morpholine rings is 1. The van der Waals surface area contributed by atoms with Gasteiger partial charge in [0.05, 0.1) is 12.7 Å². The predicted octanol–water partition coefficient (Wildman–Crippen LogP) is 2.38. The summed E-state index contributed by atoms with van der Waals surface area (Å²) in [5.41, 5.74) is 2.49. The van der Waals surface area contributed by atoms with Gasteiger partial charge in [0.25, 0.3) is 0 Å². The van der Waals surface area contributed by atoms with Crippen LogP contribution in [0.2, 0.25) is 0 Å². The van der Waals surface area contributed by atoms with Gasteiger partial charge in [-0.05, 0) is 17.5 Å². The van der Waals surface area contributed by atoms with Crippen LogP contribution in [0, 0.1) is 0 Å². The molecular formula is C12H17Cl2NO. The van der Waals surface area contributed by atoms with Crippen LogP contribution < -0.4 is 5.32 Å². The molecule has 1 unspecified atom stereocenters. The van der Waals surface area contributed by atoms with Crippen LogP contribution in [-0.2, 0) is 17.0 Å². The molecule has 16 heavy (non-hydrogen) atoms. The topological polar surface area (TPSA) is 21.3 Å². The van der Waals surface area contributed by atoms with Gasteiger partial charge in [0.2, 0.25) is 0 Å². The molecule has 0 amide bonds. The third-order valence-corrected chi connectivity index (χ3v) is 2.95. The van der Waals surface area contributed by atoms with Gasteiger partial charge in [-0.1, -0.05) is 24.3 Å². The summed E-state index contributed by atoms with van der Waals surface area (Å²) >= 11 is 5.74. The highest BCUT2D eigenvalue weighted by Crippen LogP contribution is 2.10. The Labute approximate surface area is 108 Å². The third-order valence-electron chi connectivity index (χ3n) is 2.65. The van der Waals surface area contributed by atoms with Gasteiger partial charge in [-0.3, -0.25) is 0 Å². The van der Waals surface area contributed by atoms with E-state index < -0.39 is 0 Å². The molecule has 1 saturated heterocycles. The second-order valence-corrected chi connectivity index (χ2v) is 4.12. The van der Waals surface area contributed by atoms with Crippen molar-refractivity contribution in [2.75, 3.05) is 19.7 Å². The fourth-order valence-electron chi connectivity index (χ4n) is 1.78.